The fourth-order valence-electron chi connectivity index (χ4n) is 4.29. The highest BCUT2D eigenvalue weighted by Gasteiger charge is 2.47. The molecule has 5 rings (SSSR count). The topological polar surface area (TPSA) is 98.2 Å². The van der Waals surface area contributed by atoms with Crippen LogP contribution in [0, 0.1) is 0 Å². The Kier molecular flexibility index (Phi) is 5.63. The van der Waals surface area contributed by atoms with Gasteiger partial charge in [0.15, 0.2) is 11.5 Å². The average Bonchev–Trinajstić information content (AvgIpc) is 3.13. The molecule has 2 aliphatic heterocycles. The highest BCUT2D eigenvalue weighted by molar-refractivity contribution is 6.46. The summed E-state index contributed by atoms with van der Waals surface area (Å²) in [6, 6.07) is 14.8. The summed E-state index contributed by atoms with van der Waals surface area (Å²) in [5.41, 5.74) is 1.68. The van der Waals surface area contributed by atoms with E-state index >= 15 is 0 Å². The Morgan fingerprint density at radius 3 is 2.65 bits per heavy atom. The lowest BCUT2D eigenvalue weighted by molar-refractivity contribution is -0.140. The van der Waals surface area contributed by atoms with E-state index in [4.69, 9.17) is 14.2 Å². The summed E-state index contributed by atoms with van der Waals surface area (Å²) in [6.07, 6.45) is 3.27. The van der Waals surface area contributed by atoms with Crippen LogP contribution in [0.5, 0.6) is 17.2 Å². The van der Waals surface area contributed by atoms with Crippen LogP contribution in [-0.2, 0) is 16.1 Å². The maximum atomic E-state index is 13.3. The Labute approximate surface area is 196 Å². The first-order valence-electron chi connectivity index (χ1n) is 10.8. The van der Waals surface area contributed by atoms with Gasteiger partial charge < -0.3 is 24.2 Å². The van der Waals surface area contributed by atoms with Gasteiger partial charge in [0, 0.05) is 30.1 Å². The first-order valence-corrected chi connectivity index (χ1v) is 10.8. The summed E-state index contributed by atoms with van der Waals surface area (Å²) < 4.78 is 16.7. The molecule has 0 saturated carbocycles. The van der Waals surface area contributed by atoms with Crippen molar-refractivity contribution in [2.45, 2.75) is 12.6 Å². The lowest BCUT2D eigenvalue weighted by Crippen LogP contribution is -2.29. The molecule has 0 spiro atoms. The lowest BCUT2D eigenvalue weighted by atomic mass is 9.94. The minimum Gasteiger partial charge on any atom is -0.507 e. The molecule has 34 heavy (non-hydrogen) atoms. The maximum Gasteiger partial charge on any atom is 0.295 e. The normalized spacial score (nSPS) is 18.7. The van der Waals surface area contributed by atoms with Crippen molar-refractivity contribution in [1.29, 1.82) is 0 Å². The Morgan fingerprint density at radius 2 is 1.88 bits per heavy atom. The third-order valence-electron chi connectivity index (χ3n) is 5.86. The Bertz CT molecular complexity index is 1290. The molecule has 0 bridgehead atoms. The quantitative estimate of drug-likeness (QED) is 0.355. The van der Waals surface area contributed by atoms with Gasteiger partial charge in [0.2, 0.25) is 0 Å². The van der Waals surface area contributed by atoms with Gasteiger partial charge in [0.1, 0.15) is 24.7 Å². The monoisotopic (exact) mass is 458 g/mol. The number of methoxy groups -OCH3 is 1. The molecule has 2 aliphatic rings. The number of nitrogens with zero attached hydrogens (tertiary/aromatic N) is 2. The van der Waals surface area contributed by atoms with Crippen molar-refractivity contribution in [2.24, 2.45) is 0 Å². The second kappa shape index (κ2) is 8.90. The minimum atomic E-state index is -0.857. The Hall–Kier alpha value is -4.33. The molecule has 1 atom stereocenters. The molecule has 1 aromatic heterocycles. The molecule has 0 unspecified atom stereocenters. The van der Waals surface area contributed by atoms with Gasteiger partial charge >= 0.3 is 0 Å². The smallest absolute Gasteiger partial charge is 0.295 e. The van der Waals surface area contributed by atoms with Crippen LogP contribution in [0.15, 0.2) is 72.6 Å². The number of fused-ring (bicyclic) bond motifs is 1. The van der Waals surface area contributed by atoms with Gasteiger partial charge in [-0.1, -0.05) is 24.3 Å². The summed E-state index contributed by atoms with van der Waals surface area (Å²) in [4.78, 5) is 32.0. The van der Waals surface area contributed by atoms with Crippen LogP contribution in [-0.4, -0.2) is 47.0 Å². The highest BCUT2D eigenvalue weighted by Crippen LogP contribution is 2.44. The molecule has 1 fully saturated rings. The van der Waals surface area contributed by atoms with Gasteiger partial charge in [-0.25, -0.2) is 0 Å². The fourth-order valence-corrected chi connectivity index (χ4v) is 4.29. The SMILES string of the molecule is COc1ccccc1[C@H]1C(=C(O)c2ccc3c(c2)OCCO3)C(=O)C(=O)N1Cc1cccnc1. The molecule has 3 heterocycles. The van der Waals surface area contributed by atoms with Gasteiger partial charge in [-0.15, -0.1) is 0 Å². The number of likely N-dealkylation sites (tertiary alicyclic amines) is 1. The zero-order valence-electron chi connectivity index (χ0n) is 18.4. The number of para-hydroxylation sites is 1. The van der Waals surface area contributed by atoms with Crippen molar-refractivity contribution in [2.75, 3.05) is 20.3 Å². The first-order chi connectivity index (χ1) is 16.6. The molecular weight excluding hydrogens is 436 g/mol. The number of ketones is 1. The number of hydrogen-bond acceptors (Lipinski definition) is 7. The number of aliphatic hydroxyl groups is 1. The summed E-state index contributed by atoms with van der Waals surface area (Å²) in [5.74, 6) is -0.251. The average molecular weight is 458 g/mol. The van der Waals surface area contributed by atoms with Crippen molar-refractivity contribution in [3.8, 4) is 17.2 Å². The molecule has 0 radical (unpaired) electrons. The molecule has 8 nitrogen and oxygen atoms in total. The van der Waals surface area contributed by atoms with Crippen LogP contribution in [0.3, 0.4) is 0 Å². The Morgan fingerprint density at radius 1 is 1.09 bits per heavy atom. The van der Waals surface area contributed by atoms with E-state index in [1.807, 2.05) is 6.07 Å². The van der Waals surface area contributed by atoms with E-state index in [0.29, 0.717) is 41.6 Å². The number of hydrogen-bond donors (Lipinski definition) is 1. The third-order valence-corrected chi connectivity index (χ3v) is 5.86. The largest absolute Gasteiger partial charge is 0.507 e. The molecule has 1 saturated heterocycles. The lowest BCUT2D eigenvalue weighted by Gasteiger charge is -2.26. The van der Waals surface area contributed by atoms with Crippen LogP contribution < -0.4 is 14.2 Å². The van der Waals surface area contributed by atoms with E-state index in [1.165, 1.54) is 12.0 Å². The summed E-state index contributed by atoms with van der Waals surface area (Å²) in [7, 11) is 1.52. The van der Waals surface area contributed by atoms with Crippen molar-refractivity contribution >= 4 is 17.4 Å². The van der Waals surface area contributed by atoms with Crippen LogP contribution in [0.1, 0.15) is 22.7 Å². The Balaban J connectivity index is 1.66. The zero-order chi connectivity index (χ0) is 23.7. The van der Waals surface area contributed by atoms with Gasteiger partial charge in [0.25, 0.3) is 11.7 Å². The fraction of sp³-hybridized carbons (Fsp3) is 0.192. The summed E-state index contributed by atoms with van der Waals surface area (Å²) in [6.45, 7) is 0.957. The van der Waals surface area contributed by atoms with E-state index in [0.717, 1.165) is 5.56 Å². The number of benzene rings is 2. The summed E-state index contributed by atoms with van der Waals surface area (Å²) >= 11 is 0. The molecule has 2 aromatic carbocycles. The first kappa shape index (κ1) is 21.5. The van der Waals surface area contributed by atoms with Crippen LogP contribution in [0.25, 0.3) is 5.76 Å². The van der Waals surface area contributed by atoms with Gasteiger partial charge in [-0.3, -0.25) is 14.6 Å². The van der Waals surface area contributed by atoms with Crippen LogP contribution >= 0.6 is 0 Å². The maximum absolute atomic E-state index is 13.3. The van der Waals surface area contributed by atoms with Crippen molar-refractivity contribution in [1.82, 2.24) is 9.88 Å². The number of carbonyl (C=O) groups is 2. The number of rotatable bonds is 5. The van der Waals surface area contributed by atoms with E-state index in [9.17, 15) is 14.7 Å². The van der Waals surface area contributed by atoms with Crippen molar-refractivity contribution in [3.63, 3.8) is 0 Å². The molecule has 1 amide bonds. The van der Waals surface area contributed by atoms with E-state index < -0.39 is 17.7 Å². The number of pyridine rings is 1. The predicted molar refractivity (Wildman–Crippen MR) is 123 cm³/mol. The molecule has 1 N–H and O–H groups in total. The van der Waals surface area contributed by atoms with Gasteiger partial charge in [0.05, 0.1) is 18.7 Å². The second-order valence-electron chi connectivity index (χ2n) is 7.89. The van der Waals surface area contributed by atoms with Crippen molar-refractivity contribution in [3.05, 3.63) is 89.3 Å². The van der Waals surface area contributed by atoms with E-state index in [-0.39, 0.29) is 17.9 Å². The second-order valence-corrected chi connectivity index (χ2v) is 7.89. The van der Waals surface area contributed by atoms with E-state index in [1.54, 1.807) is 60.9 Å². The number of ether oxygens (including phenoxy) is 3. The van der Waals surface area contributed by atoms with Crippen LogP contribution in [0.4, 0.5) is 0 Å². The molecular formula is C26H22N2O6. The number of aliphatic hydroxyl groups excluding tert-OH is 1. The highest BCUT2D eigenvalue weighted by atomic mass is 16.6. The molecule has 3 aromatic rings. The minimum absolute atomic E-state index is 0.0185. The molecule has 8 heteroatoms. The number of amides is 1. The summed E-state index contributed by atoms with van der Waals surface area (Å²) in [5, 5.41) is 11.3. The van der Waals surface area contributed by atoms with Crippen molar-refractivity contribution < 1.29 is 28.9 Å². The molecule has 172 valence electrons. The van der Waals surface area contributed by atoms with Gasteiger partial charge in [-0.05, 0) is 35.9 Å². The van der Waals surface area contributed by atoms with E-state index in [2.05, 4.69) is 4.98 Å². The zero-order valence-corrected chi connectivity index (χ0v) is 18.4. The standard InChI is InChI=1S/C26H22N2O6/c1-32-19-7-3-2-6-18(19)23-22(24(29)17-8-9-20-21(13-17)34-12-11-33-20)25(30)26(31)28(23)15-16-5-4-10-27-14-16/h2-10,13-14,23,29H,11-12,15H2,1H3/t23-/m0/s1. The number of Topliss-reactive ketones (excluding diaryl/α,β-unsaturated/α-hetero) is 1. The number of carbonyl (C=O) groups excluding carboxylic acids is 2. The number of aromatic nitrogens is 1. The third kappa shape index (κ3) is 3.73. The van der Waals surface area contributed by atoms with Gasteiger partial charge in [-0.2, -0.15) is 0 Å². The predicted octanol–water partition coefficient (Wildman–Crippen LogP) is 3.48. The molecule has 0 aliphatic carbocycles. The van der Waals surface area contributed by atoms with Crippen LogP contribution in [0.2, 0.25) is 0 Å².